The van der Waals surface area contributed by atoms with Crippen LogP contribution < -0.4 is 5.32 Å². The van der Waals surface area contributed by atoms with Crippen LogP contribution in [0.4, 0.5) is 5.69 Å². The predicted octanol–water partition coefficient (Wildman–Crippen LogP) is 4.65. The molecule has 2 aromatic carbocycles. The second-order valence-electron chi connectivity index (χ2n) is 4.79. The number of rotatable bonds is 3. The van der Waals surface area contributed by atoms with E-state index in [4.69, 9.17) is 0 Å². The summed E-state index contributed by atoms with van der Waals surface area (Å²) in [6, 6.07) is 17.4. The van der Waals surface area contributed by atoms with Crippen LogP contribution in [0.1, 0.15) is 5.56 Å². The Hall–Kier alpha value is -2.46. The normalized spacial score (nSPS) is 11.0. The zero-order valence-corrected chi connectivity index (χ0v) is 13.2. The van der Waals surface area contributed by atoms with Crippen molar-refractivity contribution >= 4 is 44.5 Å². The highest BCUT2D eigenvalue weighted by Gasteiger charge is 2.00. The van der Waals surface area contributed by atoms with Gasteiger partial charge in [-0.2, -0.15) is 0 Å². The molecule has 1 aromatic heterocycles. The average Bonchev–Trinajstić information content (AvgIpc) is 2.54. The van der Waals surface area contributed by atoms with Gasteiger partial charge in [-0.15, -0.1) is 0 Å². The van der Waals surface area contributed by atoms with E-state index in [1.807, 2.05) is 54.6 Å². The van der Waals surface area contributed by atoms with E-state index < -0.39 is 0 Å². The van der Waals surface area contributed by atoms with Gasteiger partial charge in [0.05, 0.1) is 17.4 Å². The van der Waals surface area contributed by atoms with E-state index in [9.17, 15) is 4.79 Å². The van der Waals surface area contributed by atoms with Gasteiger partial charge in [0.2, 0.25) is 5.91 Å². The molecule has 4 heteroatoms. The van der Waals surface area contributed by atoms with E-state index >= 15 is 0 Å². The zero-order chi connectivity index (χ0) is 15.4. The van der Waals surface area contributed by atoms with Crippen LogP contribution in [0, 0.1) is 0 Å². The smallest absolute Gasteiger partial charge is 0.248 e. The molecule has 1 heterocycles. The van der Waals surface area contributed by atoms with Crippen molar-refractivity contribution in [3.8, 4) is 0 Å². The van der Waals surface area contributed by atoms with Gasteiger partial charge in [-0.3, -0.25) is 9.78 Å². The minimum Gasteiger partial charge on any atom is -0.321 e. The summed E-state index contributed by atoms with van der Waals surface area (Å²) in [5.74, 6) is -0.181. The minimum atomic E-state index is -0.181. The molecule has 1 amide bonds. The Morgan fingerprint density at radius 2 is 1.86 bits per heavy atom. The van der Waals surface area contributed by atoms with Gasteiger partial charge in [-0.25, -0.2) is 0 Å². The quantitative estimate of drug-likeness (QED) is 0.697. The number of halogens is 1. The fraction of sp³-hybridized carbons (Fsp3) is 0. The first-order valence-corrected chi connectivity index (χ1v) is 7.59. The van der Waals surface area contributed by atoms with Crippen molar-refractivity contribution in [2.75, 3.05) is 5.32 Å². The number of benzene rings is 2. The van der Waals surface area contributed by atoms with Gasteiger partial charge >= 0.3 is 0 Å². The summed E-state index contributed by atoms with van der Waals surface area (Å²) < 4.78 is 1.01. The maximum absolute atomic E-state index is 12.0. The van der Waals surface area contributed by atoms with Crippen molar-refractivity contribution < 1.29 is 4.79 Å². The lowest BCUT2D eigenvalue weighted by molar-refractivity contribution is -0.111. The predicted molar refractivity (Wildman–Crippen MR) is 93.5 cm³/mol. The molecule has 0 radical (unpaired) electrons. The van der Waals surface area contributed by atoms with Crippen LogP contribution in [0.3, 0.4) is 0 Å². The molecular weight excluding hydrogens is 340 g/mol. The van der Waals surface area contributed by atoms with E-state index in [0.717, 1.165) is 20.9 Å². The highest BCUT2D eigenvalue weighted by Crippen LogP contribution is 2.16. The molecule has 0 aliphatic rings. The number of carbonyl (C=O) groups excluding carboxylic acids is 1. The molecular formula is C18H13BrN2O. The monoisotopic (exact) mass is 352 g/mol. The van der Waals surface area contributed by atoms with E-state index in [1.54, 1.807) is 12.3 Å². The van der Waals surface area contributed by atoms with Crippen molar-refractivity contribution in [2.45, 2.75) is 0 Å². The number of anilines is 1. The topological polar surface area (TPSA) is 42.0 Å². The second-order valence-corrected chi connectivity index (χ2v) is 5.71. The third-order valence-corrected chi connectivity index (χ3v) is 3.68. The molecule has 22 heavy (non-hydrogen) atoms. The number of amides is 1. The third kappa shape index (κ3) is 3.59. The van der Waals surface area contributed by atoms with Crippen molar-refractivity contribution in [2.24, 2.45) is 0 Å². The minimum absolute atomic E-state index is 0.181. The lowest BCUT2D eigenvalue weighted by atomic mass is 10.2. The molecule has 0 unspecified atom stereocenters. The molecule has 0 saturated carbocycles. The number of aromatic nitrogens is 1. The van der Waals surface area contributed by atoms with E-state index in [2.05, 4.69) is 26.2 Å². The van der Waals surface area contributed by atoms with Crippen LogP contribution >= 0.6 is 15.9 Å². The maximum atomic E-state index is 12.0. The van der Waals surface area contributed by atoms with Gasteiger partial charge in [0.25, 0.3) is 0 Å². The van der Waals surface area contributed by atoms with Crippen LogP contribution in [-0.2, 0) is 4.79 Å². The summed E-state index contributed by atoms with van der Waals surface area (Å²) >= 11 is 3.38. The summed E-state index contributed by atoms with van der Waals surface area (Å²) in [5.41, 5.74) is 2.56. The number of nitrogens with zero attached hydrogens (tertiary/aromatic N) is 1. The van der Waals surface area contributed by atoms with Gasteiger partial charge in [0, 0.05) is 15.9 Å². The molecule has 0 spiro atoms. The molecule has 3 rings (SSSR count). The SMILES string of the molecule is O=C(/C=C/c1ccc(Br)cc1)Nc1cnc2ccccc2c1. The number of hydrogen-bond acceptors (Lipinski definition) is 2. The summed E-state index contributed by atoms with van der Waals surface area (Å²) in [4.78, 5) is 16.3. The van der Waals surface area contributed by atoms with Gasteiger partial charge in [-0.05, 0) is 35.9 Å². The van der Waals surface area contributed by atoms with Crippen LogP contribution in [0.2, 0.25) is 0 Å². The lowest BCUT2D eigenvalue weighted by Crippen LogP contribution is -2.07. The van der Waals surface area contributed by atoms with Crippen molar-refractivity contribution in [1.82, 2.24) is 4.98 Å². The third-order valence-electron chi connectivity index (χ3n) is 3.16. The zero-order valence-electron chi connectivity index (χ0n) is 11.7. The molecule has 1 N–H and O–H groups in total. The fourth-order valence-electron chi connectivity index (χ4n) is 2.07. The fourth-order valence-corrected chi connectivity index (χ4v) is 2.33. The van der Waals surface area contributed by atoms with Gasteiger partial charge in [0.15, 0.2) is 0 Å². The van der Waals surface area contributed by atoms with Crippen LogP contribution in [0.15, 0.2) is 71.3 Å². The van der Waals surface area contributed by atoms with Crippen molar-refractivity contribution in [3.63, 3.8) is 0 Å². The molecule has 0 atom stereocenters. The highest BCUT2D eigenvalue weighted by molar-refractivity contribution is 9.10. The van der Waals surface area contributed by atoms with Gasteiger partial charge in [0.1, 0.15) is 0 Å². The van der Waals surface area contributed by atoms with E-state index in [1.165, 1.54) is 6.08 Å². The molecule has 0 aliphatic heterocycles. The first-order valence-electron chi connectivity index (χ1n) is 6.80. The largest absolute Gasteiger partial charge is 0.321 e. The molecule has 108 valence electrons. The molecule has 3 aromatic rings. The number of carbonyl (C=O) groups is 1. The van der Waals surface area contributed by atoms with Crippen LogP contribution in [0.5, 0.6) is 0 Å². The number of nitrogens with one attached hydrogen (secondary N) is 1. The summed E-state index contributed by atoms with van der Waals surface area (Å²) in [7, 11) is 0. The second kappa shape index (κ2) is 6.54. The number of pyridine rings is 1. The Bertz CT molecular complexity index is 841. The lowest BCUT2D eigenvalue weighted by Gasteiger charge is -2.03. The molecule has 0 aliphatic carbocycles. The van der Waals surface area contributed by atoms with Crippen molar-refractivity contribution in [3.05, 3.63) is 76.9 Å². The Balaban J connectivity index is 1.71. The highest BCUT2D eigenvalue weighted by atomic mass is 79.9. The molecule has 0 fully saturated rings. The first-order chi connectivity index (χ1) is 10.7. The summed E-state index contributed by atoms with van der Waals surface area (Å²) in [6.07, 6.45) is 4.95. The summed E-state index contributed by atoms with van der Waals surface area (Å²) in [5, 5.41) is 3.82. The molecule has 0 bridgehead atoms. The van der Waals surface area contributed by atoms with Crippen LogP contribution in [-0.4, -0.2) is 10.9 Å². The number of fused-ring (bicyclic) bond motifs is 1. The van der Waals surface area contributed by atoms with E-state index in [-0.39, 0.29) is 5.91 Å². The Morgan fingerprint density at radius 1 is 1.09 bits per heavy atom. The average molecular weight is 353 g/mol. The Kier molecular flexibility index (Phi) is 4.30. The molecule has 0 saturated heterocycles. The standard InChI is InChI=1S/C18H13BrN2O/c19-15-8-5-13(6-9-15)7-10-18(22)21-16-11-14-3-1-2-4-17(14)20-12-16/h1-12H,(H,21,22)/b10-7+. The number of para-hydroxylation sites is 1. The maximum Gasteiger partial charge on any atom is 0.248 e. The van der Waals surface area contributed by atoms with Crippen LogP contribution in [0.25, 0.3) is 17.0 Å². The molecule has 3 nitrogen and oxygen atoms in total. The van der Waals surface area contributed by atoms with E-state index in [0.29, 0.717) is 5.69 Å². The number of hydrogen-bond donors (Lipinski definition) is 1. The van der Waals surface area contributed by atoms with Gasteiger partial charge < -0.3 is 5.32 Å². The van der Waals surface area contributed by atoms with Crippen molar-refractivity contribution in [1.29, 1.82) is 0 Å². The van der Waals surface area contributed by atoms with Gasteiger partial charge in [-0.1, -0.05) is 46.3 Å². The summed E-state index contributed by atoms with van der Waals surface area (Å²) in [6.45, 7) is 0. The Morgan fingerprint density at radius 3 is 2.68 bits per heavy atom. The Labute approximate surface area is 136 Å². The first kappa shape index (κ1) is 14.5.